The van der Waals surface area contributed by atoms with Gasteiger partial charge in [0.1, 0.15) is 0 Å². The number of nitrogens with one attached hydrogen (secondary N) is 2. The Bertz CT molecular complexity index is 478. The van der Waals surface area contributed by atoms with Crippen LogP contribution in [0.4, 0.5) is 0 Å². The largest absolute Gasteiger partial charge is 0.352 e. The molecule has 3 rings (SSSR count). The molecule has 0 radical (unpaired) electrons. The van der Waals surface area contributed by atoms with Crippen LogP contribution in [0.2, 0.25) is 5.02 Å². The van der Waals surface area contributed by atoms with E-state index in [-0.39, 0.29) is 11.9 Å². The monoisotopic (exact) mass is 292 g/mol. The first-order valence-corrected chi connectivity index (χ1v) is 7.81. The predicted octanol–water partition coefficient (Wildman–Crippen LogP) is 2.84. The second kappa shape index (κ2) is 5.74. The van der Waals surface area contributed by atoms with Crippen LogP contribution in [0, 0.1) is 0 Å². The lowest BCUT2D eigenvalue weighted by Crippen LogP contribution is -2.51. The van der Waals surface area contributed by atoms with Crippen molar-refractivity contribution in [2.45, 2.75) is 56.7 Å². The van der Waals surface area contributed by atoms with Gasteiger partial charge in [-0.2, -0.15) is 0 Å². The van der Waals surface area contributed by atoms with Crippen molar-refractivity contribution < 1.29 is 4.79 Å². The normalized spacial score (nSPS) is 26.7. The molecule has 2 saturated carbocycles. The Morgan fingerprint density at radius 1 is 1.20 bits per heavy atom. The van der Waals surface area contributed by atoms with E-state index >= 15 is 0 Å². The number of rotatable bonds is 5. The minimum absolute atomic E-state index is 0.0910. The first kappa shape index (κ1) is 13.9. The van der Waals surface area contributed by atoms with Crippen LogP contribution in [0.5, 0.6) is 0 Å². The van der Waals surface area contributed by atoms with Gasteiger partial charge in [-0.05, 0) is 56.2 Å². The van der Waals surface area contributed by atoms with E-state index in [1.54, 1.807) is 0 Å². The fraction of sp³-hybridized carbons (Fsp3) is 0.562. The Morgan fingerprint density at radius 2 is 1.85 bits per heavy atom. The number of benzene rings is 1. The molecule has 2 fully saturated rings. The molecule has 0 spiro atoms. The van der Waals surface area contributed by atoms with Gasteiger partial charge in [-0.25, -0.2) is 0 Å². The maximum Gasteiger partial charge on any atom is 0.237 e. The number of hydrogen-bond acceptors (Lipinski definition) is 2. The van der Waals surface area contributed by atoms with Gasteiger partial charge in [0.2, 0.25) is 5.91 Å². The highest BCUT2D eigenvalue weighted by Crippen LogP contribution is 2.37. The van der Waals surface area contributed by atoms with Crippen LogP contribution in [0.25, 0.3) is 0 Å². The summed E-state index contributed by atoms with van der Waals surface area (Å²) < 4.78 is 0. The number of halogens is 1. The van der Waals surface area contributed by atoms with E-state index < -0.39 is 0 Å². The summed E-state index contributed by atoms with van der Waals surface area (Å²) in [7, 11) is 0. The molecule has 20 heavy (non-hydrogen) atoms. The maximum absolute atomic E-state index is 11.9. The Balaban J connectivity index is 1.43. The van der Waals surface area contributed by atoms with Gasteiger partial charge >= 0.3 is 0 Å². The summed E-state index contributed by atoms with van der Waals surface area (Å²) in [5.74, 6) is 0.742. The average molecular weight is 293 g/mol. The lowest BCUT2D eigenvalue weighted by molar-refractivity contribution is -0.123. The van der Waals surface area contributed by atoms with E-state index in [4.69, 9.17) is 11.6 Å². The number of carbonyl (C=O) groups excluding carboxylic acids is 1. The summed E-state index contributed by atoms with van der Waals surface area (Å²) in [6, 6.07) is 8.91. The molecule has 108 valence electrons. The van der Waals surface area contributed by atoms with E-state index in [1.165, 1.54) is 5.56 Å². The van der Waals surface area contributed by atoms with Crippen LogP contribution in [0.15, 0.2) is 24.3 Å². The number of hydrogen-bond donors (Lipinski definition) is 2. The molecule has 2 aliphatic rings. The molecule has 0 bridgehead atoms. The fourth-order valence-electron chi connectivity index (χ4n) is 2.74. The average Bonchev–Trinajstić information content (AvgIpc) is 3.18. The zero-order valence-electron chi connectivity index (χ0n) is 11.7. The van der Waals surface area contributed by atoms with Crippen LogP contribution < -0.4 is 10.6 Å². The molecule has 2 aliphatic carbocycles. The third-order valence-electron chi connectivity index (χ3n) is 4.28. The van der Waals surface area contributed by atoms with E-state index in [0.29, 0.717) is 18.0 Å². The van der Waals surface area contributed by atoms with Gasteiger partial charge in [-0.15, -0.1) is 0 Å². The van der Waals surface area contributed by atoms with E-state index in [2.05, 4.69) is 22.8 Å². The molecular weight excluding hydrogens is 272 g/mol. The standard InChI is InChI=1S/C16H21ClN2O/c1-10(16(20)19-14-6-7-14)18-15-8-12(9-15)11-2-4-13(17)5-3-11/h2-5,10,12,14-15,18H,6-9H2,1H3,(H,19,20). The summed E-state index contributed by atoms with van der Waals surface area (Å²) >= 11 is 5.90. The molecule has 3 nitrogen and oxygen atoms in total. The molecule has 0 aromatic heterocycles. The smallest absolute Gasteiger partial charge is 0.237 e. The van der Waals surface area contributed by atoms with Crippen LogP contribution in [0.3, 0.4) is 0 Å². The van der Waals surface area contributed by atoms with Gasteiger partial charge in [0.05, 0.1) is 6.04 Å². The lowest BCUT2D eigenvalue weighted by Gasteiger charge is -2.38. The molecule has 1 aromatic rings. The third kappa shape index (κ3) is 3.33. The molecule has 4 heteroatoms. The highest BCUT2D eigenvalue weighted by Gasteiger charge is 2.33. The molecule has 0 saturated heterocycles. The van der Waals surface area contributed by atoms with Crippen molar-refractivity contribution in [2.75, 3.05) is 0 Å². The van der Waals surface area contributed by atoms with Crippen LogP contribution in [0.1, 0.15) is 44.1 Å². The van der Waals surface area contributed by atoms with Gasteiger partial charge in [0.15, 0.2) is 0 Å². The Kier molecular flexibility index (Phi) is 3.99. The highest BCUT2D eigenvalue weighted by atomic mass is 35.5. The molecule has 1 atom stereocenters. The molecule has 1 aromatic carbocycles. The summed E-state index contributed by atoms with van der Waals surface area (Å²) in [5.41, 5.74) is 1.35. The van der Waals surface area contributed by atoms with Crippen molar-refractivity contribution >= 4 is 17.5 Å². The van der Waals surface area contributed by atoms with Crippen molar-refractivity contribution in [3.8, 4) is 0 Å². The van der Waals surface area contributed by atoms with E-state index in [9.17, 15) is 4.79 Å². The molecular formula is C16H21ClN2O. The van der Waals surface area contributed by atoms with Gasteiger partial charge in [-0.3, -0.25) is 4.79 Å². The van der Waals surface area contributed by atoms with Gasteiger partial charge < -0.3 is 10.6 Å². The topological polar surface area (TPSA) is 41.1 Å². The summed E-state index contributed by atoms with van der Waals surface area (Å²) in [4.78, 5) is 11.9. The minimum Gasteiger partial charge on any atom is -0.352 e. The quantitative estimate of drug-likeness (QED) is 0.876. The van der Waals surface area contributed by atoms with Crippen molar-refractivity contribution in [1.82, 2.24) is 10.6 Å². The van der Waals surface area contributed by atoms with Crippen LogP contribution in [-0.2, 0) is 4.79 Å². The summed E-state index contributed by atoms with van der Waals surface area (Å²) in [6.07, 6.45) is 4.48. The van der Waals surface area contributed by atoms with E-state index in [1.807, 2.05) is 19.1 Å². The second-order valence-electron chi connectivity index (χ2n) is 6.09. The molecule has 1 amide bonds. The highest BCUT2D eigenvalue weighted by molar-refractivity contribution is 6.30. The Morgan fingerprint density at radius 3 is 2.45 bits per heavy atom. The van der Waals surface area contributed by atoms with E-state index in [0.717, 1.165) is 30.7 Å². The molecule has 0 heterocycles. The minimum atomic E-state index is -0.0910. The van der Waals surface area contributed by atoms with Crippen molar-refractivity contribution in [1.29, 1.82) is 0 Å². The van der Waals surface area contributed by atoms with Crippen molar-refractivity contribution in [3.05, 3.63) is 34.9 Å². The zero-order valence-corrected chi connectivity index (χ0v) is 12.5. The Labute approximate surface area is 125 Å². The van der Waals surface area contributed by atoms with Crippen LogP contribution in [-0.4, -0.2) is 24.0 Å². The van der Waals surface area contributed by atoms with Gasteiger partial charge in [0.25, 0.3) is 0 Å². The van der Waals surface area contributed by atoms with Gasteiger partial charge in [-0.1, -0.05) is 23.7 Å². The molecule has 2 N–H and O–H groups in total. The summed E-state index contributed by atoms with van der Waals surface area (Å²) in [6.45, 7) is 1.95. The zero-order chi connectivity index (χ0) is 14.1. The number of carbonyl (C=O) groups is 1. The van der Waals surface area contributed by atoms with Crippen molar-refractivity contribution in [3.63, 3.8) is 0 Å². The lowest BCUT2D eigenvalue weighted by atomic mass is 9.75. The number of amides is 1. The first-order chi connectivity index (χ1) is 9.61. The Hall–Kier alpha value is -1.06. The molecule has 1 unspecified atom stereocenters. The van der Waals surface area contributed by atoms with Crippen LogP contribution >= 0.6 is 11.6 Å². The maximum atomic E-state index is 11.9. The van der Waals surface area contributed by atoms with Crippen molar-refractivity contribution in [2.24, 2.45) is 0 Å². The first-order valence-electron chi connectivity index (χ1n) is 7.43. The second-order valence-corrected chi connectivity index (χ2v) is 6.52. The third-order valence-corrected chi connectivity index (χ3v) is 4.53. The van der Waals surface area contributed by atoms with Gasteiger partial charge in [0, 0.05) is 17.1 Å². The SMILES string of the molecule is CC(NC1CC(c2ccc(Cl)cc2)C1)C(=O)NC1CC1. The molecule has 0 aliphatic heterocycles. The predicted molar refractivity (Wildman–Crippen MR) is 81.0 cm³/mol. The fourth-order valence-corrected chi connectivity index (χ4v) is 2.87. The summed E-state index contributed by atoms with van der Waals surface area (Å²) in [5, 5.41) is 7.25.